The highest BCUT2D eigenvalue weighted by molar-refractivity contribution is 6.07. The molecule has 5 aliphatic heterocycles. The van der Waals surface area contributed by atoms with E-state index >= 15 is 4.39 Å². The zero-order chi connectivity index (χ0) is 34.6. The van der Waals surface area contributed by atoms with Gasteiger partial charge in [0.2, 0.25) is 0 Å². The van der Waals surface area contributed by atoms with Gasteiger partial charge >= 0.3 is 12.0 Å². The van der Waals surface area contributed by atoms with E-state index in [1.807, 2.05) is 19.1 Å². The summed E-state index contributed by atoms with van der Waals surface area (Å²) in [5.74, 6) is 0.828. The van der Waals surface area contributed by atoms with Gasteiger partial charge in [-0.05, 0) is 74.6 Å². The van der Waals surface area contributed by atoms with Crippen molar-refractivity contribution in [2.45, 2.75) is 69.5 Å². The van der Waals surface area contributed by atoms with Gasteiger partial charge in [-0.25, -0.2) is 9.18 Å². The molecule has 0 unspecified atom stereocenters. The predicted octanol–water partition coefficient (Wildman–Crippen LogP) is 4.23. The first kappa shape index (κ1) is 32.7. The topological polar surface area (TPSA) is 121 Å². The Bertz CT molecular complexity index is 1890. The molecule has 12 nitrogen and oxygen atoms in total. The molecule has 6 heterocycles. The van der Waals surface area contributed by atoms with Crippen LogP contribution in [-0.4, -0.2) is 91.1 Å². The maximum absolute atomic E-state index is 15.3. The molecular formula is C37H44FN7O5. The molecule has 2 aromatic carbocycles. The van der Waals surface area contributed by atoms with Crippen molar-refractivity contribution in [3.8, 4) is 11.8 Å². The zero-order valence-electron chi connectivity index (χ0n) is 28.8. The number of anilines is 2. The van der Waals surface area contributed by atoms with E-state index in [2.05, 4.69) is 31.9 Å². The van der Waals surface area contributed by atoms with Gasteiger partial charge in [0.25, 0.3) is 5.91 Å². The first-order valence-electron chi connectivity index (χ1n) is 17.7. The van der Waals surface area contributed by atoms with E-state index in [-0.39, 0.29) is 24.1 Å². The largest absolute Gasteiger partial charge is 0.467 e. The van der Waals surface area contributed by atoms with Crippen LogP contribution in [0, 0.1) is 5.82 Å². The Hall–Kier alpha value is -4.49. The van der Waals surface area contributed by atoms with E-state index in [0.717, 1.165) is 65.9 Å². The smallest absolute Gasteiger partial charge is 0.322 e. The van der Waals surface area contributed by atoms with E-state index in [0.29, 0.717) is 75.8 Å². The highest BCUT2D eigenvalue weighted by atomic mass is 19.1. The van der Waals surface area contributed by atoms with Gasteiger partial charge in [0, 0.05) is 49.4 Å². The molecule has 4 fully saturated rings. The van der Waals surface area contributed by atoms with Crippen molar-refractivity contribution in [2.24, 2.45) is 0 Å². The van der Waals surface area contributed by atoms with Crippen LogP contribution in [0.2, 0.25) is 0 Å². The van der Waals surface area contributed by atoms with Gasteiger partial charge in [0.15, 0.2) is 6.79 Å². The van der Waals surface area contributed by atoms with Crippen LogP contribution in [0.3, 0.4) is 0 Å². The van der Waals surface area contributed by atoms with Crippen LogP contribution in [0.25, 0.3) is 10.8 Å². The Kier molecular flexibility index (Phi) is 8.29. The number of carbonyl (C=O) groups excluding carboxylic acids is 2. The predicted molar refractivity (Wildman–Crippen MR) is 186 cm³/mol. The SMILES string of the molecule is C=C1CN2CCC[C@@]2(COc2nc3c(c(N4CCC[C@]5(C4)NC(=O)NC5=O)n2)CCN(c2cc(OCOC)cc4ccc(F)c(CC)c24)C3)C1. The lowest BCUT2D eigenvalue weighted by Gasteiger charge is -2.40. The van der Waals surface area contributed by atoms with Crippen LogP contribution in [0.15, 0.2) is 36.4 Å². The quantitative estimate of drug-likeness (QED) is 0.192. The van der Waals surface area contributed by atoms with E-state index in [9.17, 15) is 9.59 Å². The summed E-state index contributed by atoms with van der Waals surface area (Å²) in [5.41, 5.74) is 3.43. The van der Waals surface area contributed by atoms with Crippen molar-refractivity contribution in [3.05, 3.63) is 59.1 Å². The Morgan fingerprint density at radius 2 is 1.90 bits per heavy atom. The van der Waals surface area contributed by atoms with Gasteiger partial charge in [-0.2, -0.15) is 9.97 Å². The number of halogens is 1. The van der Waals surface area contributed by atoms with E-state index < -0.39 is 11.6 Å². The molecule has 3 aromatic rings. The Morgan fingerprint density at radius 3 is 2.70 bits per heavy atom. The molecule has 0 radical (unpaired) electrons. The summed E-state index contributed by atoms with van der Waals surface area (Å²) < 4.78 is 32.9. The van der Waals surface area contributed by atoms with Crippen molar-refractivity contribution in [1.29, 1.82) is 0 Å². The third-order valence-electron chi connectivity index (χ3n) is 11.2. The third kappa shape index (κ3) is 5.60. The monoisotopic (exact) mass is 685 g/mol. The summed E-state index contributed by atoms with van der Waals surface area (Å²) in [6, 6.07) is 7.02. The van der Waals surface area contributed by atoms with Crippen molar-refractivity contribution in [3.63, 3.8) is 0 Å². The van der Waals surface area contributed by atoms with Gasteiger partial charge in [0.1, 0.15) is 29.5 Å². The average Bonchev–Trinajstić information content (AvgIpc) is 3.73. The number of imide groups is 1. The second kappa shape index (κ2) is 12.7. The maximum Gasteiger partial charge on any atom is 0.322 e. The van der Waals surface area contributed by atoms with E-state index in [4.69, 9.17) is 24.2 Å². The van der Waals surface area contributed by atoms with Crippen LogP contribution in [0.1, 0.15) is 55.8 Å². The van der Waals surface area contributed by atoms with Crippen LogP contribution in [0.5, 0.6) is 11.8 Å². The molecule has 13 heteroatoms. The summed E-state index contributed by atoms with van der Waals surface area (Å²) >= 11 is 0. The van der Waals surface area contributed by atoms with Crippen molar-refractivity contribution < 1.29 is 28.2 Å². The number of urea groups is 1. The van der Waals surface area contributed by atoms with Crippen LogP contribution in [0.4, 0.5) is 20.7 Å². The molecule has 5 aliphatic rings. The number of carbonyl (C=O) groups is 2. The molecular weight excluding hydrogens is 641 g/mol. The van der Waals surface area contributed by atoms with Gasteiger partial charge < -0.3 is 29.3 Å². The van der Waals surface area contributed by atoms with Gasteiger partial charge in [-0.15, -0.1) is 0 Å². The Balaban J connectivity index is 1.18. The summed E-state index contributed by atoms with van der Waals surface area (Å²) in [5, 5.41) is 7.07. The number of ether oxygens (including phenoxy) is 3. The number of piperidine rings is 1. The number of aryl methyl sites for hydroxylation is 1. The zero-order valence-corrected chi connectivity index (χ0v) is 28.8. The number of nitrogens with zero attached hydrogens (tertiary/aromatic N) is 5. The normalized spacial score (nSPS) is 24.9. The first-order chi connectivity index (χ1) is 24.2. The Morgan fingerprint density at radius 1 is 1.04 bits per heavy atom. The summed E-state index contributed by atoms with van der Waals surface area (Å²) in [6.07, 6.45) is 5.46. The van der Waals surface area contributed by atoms with Crippen LogP contribution in [-0.2, 0) is 28.9 Å². The number of amides is 3. The molecule has 1 spiro atoms. The van der Waals surface area contributed by atoms with Gasteiger partial charge in [-0.3, -0.25) is 15.0 Å². The molecule has 4 saturated heterocycles. The van der Waals surface area contributed by atoms with Crippen molar-refractivity contribution >= 4 is 34.2 Å². The molecule has 3 amide bonds. The van der Waals surface area contributed by atoms with Crippen LogP contribution < -0.4 is 29.9 Å². The minimum absolute atomic E-state index is 0.0922. The molecule has 0 saturated carbocycles. The summed E-state index contributed by atoms with van der Waals surface area (Å²) in [4.78, 5) is 42.1. The lowest BCUT2D eigenvalue weighted by molar-refractivity contribution is -0.124. The number of benzene rings is 2. The molecule has 1 aromatic heterocycles. The minimum atomic E-state index is -1.01. The second-order valence-corrected chi connectivity index (χ2v) is 14.4. The number of nitrogens with one attached hydrogen (secondary N) is 2. The van der Waals surface area contributed by atoms with Crippen molar-refractivity contribution in [1.82, 2.24) is 25.5 Å². The number of methoxy groups -OCH3 is 1. The fourth-order valence-corrected chi connectivity index (χ4v) is 8.89. The number of rotatable bonds is 9. The fraction of sp³-hybridized carbons (Fsp3) is 0.514. The molecule has 2 atom stereocenters. The highest BCUT2D eigenvalue weighted by Gasteiger charge is 2.50. The summed E-state index contributed by atoms with van der Waals surface area (Å²) in [6.45, 7) is 10.8. The number of hydrogen-bond acceptors (Lipinski definition) is 10. The number of fused-ring (bicyclic) bond motifs is 3. The highest BCUT2D eigenvalue weighted by Crippen LogP contribution is 2.42. The van der Waals surface area contributed by atoms with Gasteiger partial charge in [0.05, 0.1) is 24.3 Å². The molecule has 8 rings (SSSR count). The fourth-order valence-electron chi connectivity index (χ4n) is 8.89. The van der Waals surface area contributed by atoms with Crippen molar-refractivity contribution in [2.75, 3.05) is 63.0 Å². The molecule has 0 bridgehead atoms. The minimum Gasteiger partial charge on any atom is -0.467 e. The lowest BCUT2D eigenvalue weighted by Crippen LogP contribution is -2.59. The number of aromatic nitrogens is 2. The first-order valence-corrected chi connectivity index (χ1v) is 17.7. The lowest BCUT2D eigenvalue weighted by atomic mass is 9.88. The third-order valence-corrected chi connectivity index (χ3v) is 11.2. The summed E-state index contributed by atoms with van der Waals surface area (Å²) in [7, 11) is 1.58. The molecule has 2 N–H and O–H groups in total. The van der Waals surface area contributed by atoms with E-state index in [1.165, 1.54) is 11.6 Å². The second-order valence-electron chi connectivity index (χ2n) is 14.4. The maximum atomic E-state index is 15.3. The standard InChI is InChI=1S/C37H44FN7O5/c1-4-26-28(38)8-7-24-15-25(50-22-48-3)16-30(31(24)26)43-14-9-27-29(19-43)39-35(49-21-36-10-5-13-45(36)18-23(2)17-36)40-32(27)44-12-6-11-37(20-44)33(46)41-34(47)42-37/h7-8,15-16H,2,4-6,9-14,17-22H2,1,3H3,(H2,41,42,46,47)/t36-,37+/m0/s1. The van der Waals surface area contributed by atoms with Crippen LogP contribution >= 0.6 is 0 Å². The Labute approximate surface area is 290 Å². The average molecular weight is 686 g/mol. The molecule has 0 aliphatic carbocycles. The number of hydrogen-bond donors (Lipinski definition) is 2. The molecule has 50 heavy (non-hydrogen) atoms. The van der Waals surface area contributed by atoms with E-state index in [1.54, 1.807) is 13.2 Å². The molecule has 264 valence electrons. The van der Waals surface area contributed by atoms with Gasteiger partial charge in [-0.1, -0.05) is 25.1 Å².